The lowest BCUT2D eigenvalue weighted by Crippen LogP contribution is -2.12. The second-order valence-electron chi connectivity index (χ2n) is 5.30. The zero-order valence-corrected chi connectivity index (χ0v) is 13.9. The molecule has 0 aromatic heterocycles. The van der Waals surface area contributed by atoms with Crippen LogP contribution < -0.4 is 4.74 Å². The summed E-state index contributed by atoms with van der Waals surface area (Å²) in [7, 11) is -0.618. The van der Waals surface area contributed by atoms with E-state index in [0.717, 1.165) is 0 Å². The Labute approximate surface area is 135 Å². The molecule has 0 saturated heterocycles. The smallest absolute Gasteiger partial charge is 0.339 e. The van der Waals surface area contributed by atoms with Crippen LogP contribution >= 0.6 is 10.0 Å². The van der Waals surface area contributed by atoms with Crippen LogP contribution in [0.4, 0.5) is 0 Å². The fraction of sp³-hybridized carbons (Fsp3) is 0.176. The predicted molar refractivity (Wildman–Crippen MR) is 90.1 cm³/mol. The first-order valence-electron chi connectivity index (χ1n) is 6.76. The quantitative estimate of drug-likeness (QED) is 0.895. The number of benzene rings is 2. The van der Waals surface area contributed by atoms with E-state index in [1.165, 1.54) is 19.2 Å². The van der Waals surface area contributed by atoms with Crippen molar-refractivity contribution in [3.8, 4) is 11.5 Å². The Morgan fingerprint density at radius 2 is 1.70 bits per heavy atom. The number of ether oxygens (including phenoxy) is 1. The standard InChI is InChI=1S/C17H18O5S/c1-22-15-9-8-11(10-13(15)16(19)20)23(2,3)17(21)12-6-4-5-7-14(12)18/h4-10,18H,1-3H3,(H,19,20). The molecule has 0 unspecified atom stereocenters. The third-order valence-corrected chi connectivity index (χ3v) is 6.16. The first-order valence-corrected chi connectivity index (χ1v) is 9.21. The van der Waals surface area contributed by atoms with Gasteiger partial charge in [0.25, 0.3) is 0 Å². The summed E-state index contributed by atoms with van der Waals surface area (Å²) in [6.45, 7) is 0. The minimum Gasteiger partial charge on any atom is -0.507 e. The number of methoxy groups -OCH3 is 1. The molecule has 122 valence electrons. The molecule has 5 nitrogen and oxygen atoms in total. The van der Waals surface area contributed by atoms with Gasteiger partial charge in [-0.1, -0.05) is 12.1 Å². The van der Waals surface area contributed by atoms with Crippen molar-refractivity contribution in [1.82, 2.24) is 0 Å². The highest BCUT2D eigenvalue weighted by molar-refractivity contribution is 8.44. The maximum absolute atomic E-state index is 12.8. The second kappa shape index (κ2) is 6.34. The summed E-state index contributed by atoms with van der Waals surface area (Å²) in [6, 6.07) is 11.1. The molecule has 0 amide bonds. The van der Waals surface area contributed by atoms with Crippen molar-refractivity contribution < 1.29 is 24.5 Å². The number of aromatic hydroxyl groups is 1. The molecule has 0 fully saturated rings. The Kier molecular flexibility index (Phi) is 4.65. The molecule has 0 aliphatic heterocycles. The van der Waals surface area contributed by atoms with Crippen molar-refractivity contribution in [1.29, 1.82) is 0 Å². The van der Waals surface area contributed by atoms with Crippen LogP contribution in [0.5, 0.6) is 11.5 Å². The number of para-hydroxylation sites is 1. The fourth-order valence-electron chi connectivity index (χ4n) is 2.20. The van der Waals surface area contributed by atoms with Crippen LogP contribution in [0.3, 0.4) is 0 Å². The van der Waals surface area contributed by atoms with E-state index in [1.54, 1.807) is 42.8 Å². The lowest BCUT2D eigenvalue weighted by atomic mass is 10.2. The topological polar surface area (TPSA) is 83.8 Å². The summed E-state index contributed by atoms with van der Waals surface area (Å²) in [5.74, 6) is -0.953. The number of carboxylic acid groups (broad SMARTS) is 1. The van der Waals surface area contributed by atoms with Crippen LogP contribution in [-0.4, -0.2) is 40.9 Å². The van der Waals surface area contributed by atoms with Gasteiger partial charge in [0.1, 0.15) is 17.1 Å². The van der Waals surface area contributed by atoms with E-state index in [9.17, 15) is 19.8 Å². The number of hydrogen-bond acceptors (Lipinski definition) is 4. The lowest BCUT2D eigenvalue weighted by molar-refractivity contribution is 0.0692. The minimum absolute atomic E-state index is 0.00987. The molecule has 0 atom stereocenters. The van der Waals surface area contributed by atoms with Crippen LogP contribution in [0.2, 0.25) is 0 Å². The van der Waals surface area contributed by atoms with E-state index < -0.39 is 16.0 Å². The van der Waals surface area contributed by atoms with Crippen molar-refractivity contribution >= 4 is 21.1 Å². The monoisotopic (exact) mass is 334 g/mol. The Morgan fingerprint density at radius 3 is 2.26 bits per heavy atom. The highest BCUT2D eigenvalue weighted by Gasteiger charge is 2.28. The molecular weight excluding hydrogens is 316 g/mol. The Morgan fingerprint density at radius 1 is 1.04 bits per heavy atom. The van der Waals surface area contributed by atoms with Crippen LogP contribution in [0, 0.1) is 0 Å². The molecule has 6 heteroatoms. The predicted octanol–water partition coefficient (Wildman–Crippen LogP) is 3.36. The first-order chi connectivity index (χ1) is 10.8. The molecule has 0 aliphatic carbocycles. The summed E-state index contributed by atoms with van der Waals surface area (Å²) >= 11 is 0. The molecule has 0 saturated carbocycles. The molecule has 23 heavy (non-hydrogen) atoms. The van der Waals surface area contributed by atoms with E-state index >= 15 is 0 Å². The Balaban J connectivity index is 2.51. The maximum atomic E-state index is 12.8. The summed E-state index contributed by atoms with van der Waals surface area (Å²) in [4.78, 5) is 24.8. The van der Waals surface area contributed by atoms with Crippen molar-refractivity contribution in [2.75, 3.05) is 19.6 Å². The van der Waals surface area contributed by atoms with Gasteiger partial charge in [-0.2, -0.15) is 10.0 Å². The molecule has 2 rings (SSSR count). The van der Waals surface area contributed by atoms with E-state index in [0.29, 0.717) is 4.90 Å². The molecule has 0 spiro atoms. The highest BCUT2D eigenvalue weighted by Crippen LogP contribution is 2.53. The van der Waals surface area contributed by atoms with E-state index in [1.807, 2.05) is 0 Å². The van der Waals surface area contributed by atoms with E-state index in [-0.39, 0.29) is 27.7 Å². The van der Waals surface area contributed by atoms with Crippen molar-refractivity contribution in [2.24, 2.45) is 0 Å². The third kappa shape index (κ3) is 3.17. The van der Waals surface area contributed by atoms with Gasteiger partial charge in [-0.25, -0.2) is 4.79 Å². The third-order valence-electron chi connectivity index (χ3n) is 3.58. The van der Waals surface area contributed by atoms with Gasteiger partial charge >= 0.3 is 5.97 Å². The zero-order valence-electron chi connectivity index (χ0n) is 13.1. The summed E-state index contributed by atoms with van der Waals surface area (Å²) in [5.41, 5.74) is 0.246. The SMILES string of the molecule is COc1ccc(S(C)(C)C(=O)c2ccccc2O)cc1C(=O)O. The van der Waals surface area contributed by atoms with Crippen LogP contribution in [0.1, 0.15) is 20.7 Å². The maximum Gasteiger partial charge on any atom is 0.339 e. The summed E-state index contributed by atoms with van der Waals surface area (Å²) in [6.07, 6.45) is 3.55. The molecule has 2 aromatic rings. The number of phenolic OH excluding ortho intramolecular Hbond substituents is 1. The Hall–Kier alpha value is -2.47. The van der Waals surface area contributed by atoms with E-state index in [4.69, 9.17) is 4.74 Å². The normalized spacial score (nSPS) is 11.8. The van der Waals surface area contributed by atoms with Gasteiger partial charge in [0.05, 0.1) is 12.7 Å². The van der Waals surface area contributed by atoms with Gasteiger partial charge in [-0.05, 0) is 47.7 Å². The molecule has 0 radical (unpaired) electrons. The largest absolute Gasteiger partial charge is 0.507 e. The van der Waals surface area contributed by atoms with E-state index in [2.05, 4.69) is 0 Å². The van der Waals surface area contributed by atoms with Crippen LogP contribution in [0.15, 0.2) is 47.4 Å². The van der Waals surface area contributed by atoms with Gasteiger partial charge in [0.2, 0.25) is 5.12 Å². The number of carbonyl (C=O) groups excluding carboxylic acids is 1. The molecular formula is C17H18O5S. The number of hydrogen-bond donors (Lipinski definition) is 2. The first kappa shape index (κ1) is 16.9. The minimum atomic E-state index is -2.01. The van der Waals surface area contributed by atoms with Gasteiger partial charge in [-0.3, -0.25) is 4.79 Å². The molecule has 0 bridgehead atoms. The molecule has 2 N–H and O–H groups in total. The van der Waals surface area contributed by atoms with Gasteiger partial charge in [0, 0.05) is 0 Å². The lowest BCUT2D eigenvalue weighted by Gasteiger charge is -2.30. The number of carbonyl (C=O) groups is 2. The Bertz CT molecular complexity index is 767. The molecule has 0 heterocycles. The summed E-state index contributed by atoms with van der Waals surface area (Å²) in [5, 5.41) is 19.0. The highest BCUT2D eigenvalue weighted by atomic mass is 32.3. The van der Waals surface area contributed by atoms with Crippen LogP contribution in [-0.2, 0) is 0 Å². The van der Waals surface area contributed by atoms with Crippen molar-refractivity contribution in [3.63, 3.8) is 0 Å². The number of rotatable bonds is 4. The van der Waals surface area contributed by atoms with Crippen molar-refractivity contribution in [2.45, 2.75) is 4.90 Å². The summed E-state index contributed by atoms with van der Waals surface area (Å²) < 4.78 is 5.04. The fourth-order valence-corrected chi connectivity index (χ4v) is 3.96. The average Bonchev–Trinajstić information content (AvgIpc) is 2.53. The average molecular weight is 334 g/mol. The van der Waals surface area contributed by atoms with Gasteiger partial charge in [-0.15, -0.1) is 0 Å². The van der Waals surface area contributed by atoms with Crippen LogP contribution in [0.25, 0.3) is 0 Å². The van der Waals surface area contributed by atoms with Gasteiger partial charge < -0.3 is 14.9 Å². The second-order valence-corrected chi connectivity index (χ2v) is 8.79. The van der Waals surface area contributed by atoms with Gasteiger partial charge in [0.15, 0.2) is 0 Å². The number of carboxylic acids is 1. The molecule has 2 aromatic carbocycles. The zero-order chi connectivity index (χ0) is 17.2. The molecule has 0 aliphatic rings. The number of phenols is 1. The van der Waals surface area contributed by atoms with Crippen molar-refractivity contribution in [3.05, 3.63) is 53.6 Å². The number of aromatic carboxylic acids is 1.